The van der Waals surface area contributed by atoms with E-state index < -0.39 is 0 Å². The maximum Gasteiger partial charge on any atom is 0.227 e. The summed E-state index contributed by atoms with van der Waals surface area (Å²) in [5.41, 5.74) is 5.27. The predicted molar refractivity (Wildman–Crippen MR) is 129 cm³/mol. The Balaban J connectivity index is 1.53. The minimum absolute atomic E-state index is 0.000299. The van der Waals surface area contributed by atoms with E-state index >= 15 is 0 Å². The van der Waals surface area contributed by atoms with Crippen LogP contribution in [0.1, 0.15) is 29.7 Å². The molecule has 4 rings (SSSR count). The second kappa shape index (κ2) is 9.65. The number of amides is 1. The van der Waals surface area contributed by atoms with E-state index in [1.165, 1.54) is 0 Å². The number of carbonyl (C=O) groups excluding carboxylic acids is 1. The molecule has 1 atom stereocenters. The normalized spacial score (nSPS) is 11.8. The number of aryl methyl sites for hydroxylation is 1. The van der Waals surface area contributed by atoms with Crippen molar-refractivity contribution in [1.29, 1.82) is 0 Å². The number of hydrogen-bond acceptors (Lipinski definition) is 6. The summed E-state index contributed by atoms with van der Waals surface area (Å²) in [5, 5.41) is 7.02. The quantitative estimate of drug-likeness (QED) is 0.451. The van der Waals surface area contributed by atoms with E-state index in [9.17, 15) is 4.79 Å². The smallest absolute Gasteiger partial charge is 0.227 e. The molecule has 7 heteroatoms. The van der Waals surface area contributed by atoms with E-state index in [4.69, 9.17) is 9.51 Å². The van der Waals surface area contributed by atoms with Crippen LogP contribution in [-0.4, -0.2) is 35.1 Å². The minimum Gasteiger partial charge on any atom is -0.356 e. The first-order chi connectivity index (χ1) is 15.9. The van der Waals surface area contributed by atoms with Crippen LogP contribution < -0.4 is 10.2 Å². The molecule has 0 unspecified atom stereocenters. The van der Waals surface area contributed by atoms with E-state index in [0.717, 1.165) is 33.6 Å². The molecule has 0 aliphatic rings. The summed E-state index contributed by atoms with van der Waals surface area (Å²) < 4.78 is 5.47. The molecule has 1 amide bonds. The van der Waals surface area contributed by atoms with Gasteiger partial charge in [-0.1, -0.05) is 59.8 Å². The average molecular weight is 442 g/mol. The van der Waals surface area contributed by atoms with Crippen LogP contribution in [-0.2, 0) is 11.3 Å². The molecule has 1 N–H and O–H groups in total. The molecule has 2 aromatic carbocycles. The SMILES string of the molecule is Cc1cc(-c2cnc(N(C)C)nc2-c2ccc(CNC(=O)[C@H](C)c3ccccc3)cc2)on1. The zero-order chi connectivity index (χ0) is 23.4. The van der Waals surface area contributed by atoms with Crippen molar-refractivity contribution in [2.75, 3.05) is 19.0 Å². The highest BCUT2D eigenvalue weighted by molar-refractivity contribution is 5.83. The largest absolute Gasteiger partial charge is 0.356 e. The molecule has 4 aromatic rings. The van der Waals surface area contributed by atoms with Crippen LogP contribution in [0, 0.1) is 6.92 Å². The number of carbonyl (C=O) groups is 1. The van der Waals surface area contributed by atoms with Crippen LogP contribution in [0.3, 0.4) is 0 Å². The van der Waals surface area contributed by atoms with Gasteiger partial charge in [0.15, 0.2) is 5.76 Å². The van der Waals surface area contributed by atoms with Crippen molar-refractivity contribution in [2.45, 2.75) is 26.3 Å². The maximum atomic E-state index is 12.6. The van der Waals surface area contributed by atoms with Crippen molar-refractivity contribution in [3.8, 4) is 22.6 Å². The Hall–Kier alpha value is -4.00. The van der Waals surface area contributed by atoms with Gasteiger partial charge in [-0.2, -0.15) is 0 Å². The monoisotopic (exact) mass is 441 g/mol. The van der Waals surface area contributed by atoms with Gasteiger partial charge in [-0.15, -0.1) is 0 Å². The number of rotatable bonds is 7. The van der Waals surface area contributed by atoms with Crippen molar-refractivity contribution in [2.24, 2.45) is 0 Å². The molecular weight excluding hydrogens is 414 g/mol. The zero-order valence-corrected chi connectivity index (χ0v) is 19.2. The first kappa shape index (κ1) is 22.2. The summed E-state index contributed by atoms with van der Waals surface area (Å²) in [5.74, 6) is 1.03. The van der Waals surface area contributed by atoms with Gasteiger partial charge < -0.3 is 14.7 Å². The maximum absolute atomic E-state index is 12.6. The van der Waals surface area contributed by atoms with Crippen LogP contribution in [0.5, 0.6) is 0 Å². The summed E-state index contributed by atoms with van der Waals surface area (Å²) in [7, 11) is 3.80. The van der Waals surface area contributed by atoms with Crippen molar-refractivity contribution < 1.29 is 9.32 Å². The van der Waals surface area contributed by atoms with E-state index in [2.05, 4.69) is 15.5 Å². The Morgan fingerprint density at radius 1 is 1.09 bits per heavy atom. The molecule has 0 aliphatic heterocycles. The molecule has 0 radical (unpaired) electrons. The van der Waals surface area contributed by atoms with Crippen LogP contribution in [0.15, 0.2) is 71.4 Å². The highest BCUT2D eigenvalue weighted by Gasteiger charge is 2.17. The molecule has 0 spiro atoms. The average Bonchev–Trinajstić information content (AvgIpc) is 3.28. The van der Waals surface area contributed by atoms with Gasteiger partial charge in [0, 0.05) is 38.5 Å². The van der Waals surface area contributed by atoms with Gasteiger partial charge in [0.1, 0.15) is 0 Å². The molecule has 0 bridgehead atoms. The Morgan fingerprint density at radius 3 is 2.45 bits per heavy atom. The molecule has 0 saturated carbocycles. The first-order valence-corrected chi connectivity index (χ1v) is 10.8. The molecule has 168 valence electrons. The van der Waals surface area contributed by atoms with Gasteiger partial charge in [0.25, 0.3) is 0 Å². The summed E-state index contributed by atoms with van der Waals surface area (Å²) in [6.07, 6.45) is 1.76. The molecule has 2 heterocycles. The standard InChI is InChI=1S/C26H27N5O2/c1-17-14-23(33-30-17)22-16-28-26(31(3)4)29-24(22)21-12-10-19(11-13-21)15-27-25(32)18(2)20-8-6-5-7-9-20/h5-14,16,18H,15H2,1-4H3,(H,27,32)/t18-/m1/s1. The Labute approximate surface area is 193 Å². The lowest BCUT2D eigenvalue weighted by molar-refractivity contribution is -0.122. The van der Waals surface area contributed by atoms with Gasteiger partial charge in [0.2, 0.25) is 11.9 Å². The van der Waals surface area contributed by atoms with Crippen molar-refractivity contribution >= 4 is 11.9 Å². The lowest BCUT2D eigenvalue weighted by Crippen LogP contribution is -2.27. The molecule has 0 saturated heterocycles. The molecular formula is C26H27N5O2. The lowest BCUT2D eigenvalue weighted by Gasteiger charge is -2.14. The number of nitrogens with zero attached hydrogens (tertiary/aromatic N) is 4. The van der Waals surface area contributed by atoms with Gasteiger partial charge in [0.05, 0.1) is 22.9 Å². The molecule has 0 fully saturated rings. The number of aromatic nitrogens is 3. The fourth-order valence-electron chi connectivity index (χ4n) is 3.49. The highest BCUT2D eigenvalue weighted by atomic mass is 16.5. The van der Waals surface area contributed by atoms with Crippen molar-refractivity contribution in [1.82, 2.24) is 20.4 Å². The fraction of sp³-hybridized carbons (Fsp3) is 0.231. The van der Waals surface area contributed by atoms with Crippen LogP contribution in [0.4, 0.5) is 5.95 Å². The van der Waals surface area contributed by atoms with Crippen molar-refractivity contribution in [3.63, 3.8) is 0 Å². The third-order valence-electron chi connectivity index (χ3n) is 5.46. The molecule has 0 aliphatic carbocycles. The number of hydrogen-bond donors (Lipinski definition) is 1. The van der Waals surface area contributed by atoms with E-state index in [1.54, 1.807) is 6.20 Å². The summed E-state index contributed by atoms with van der Waals surface area (Å²) in [6, 6.07) is 19.6. The first-order valence-electron chi connectivity index (χ1n) is 10.8. The number of anilines is 1. The Morgan fingerprint density at radius 2 is 1.82 bits per heavy atom. The highest BCUT2D eigenvalue weighted by Crippen LogP contribution is 2.31. The van der Waals surface area contributed by atoms with E-state index in [1.807, 2.05) is 93.5 Å². The van der Waals surface area contributed by atoms with Gasteiger partial charge in [-0.25, -0.2) is 9.97 Å². The second-order valence-corrected chi connectivity index (χ2v) is 8.21. The zero-order valence-electron chi connectivity index (χ0n) is 19.2. The molecule has 2 aromatic heterocycles. The second-order valence-electron chi connectivity index (χ2n) is 8.21. The fourth-order valence-corrected chi connectivity index (χ4v) is 3.49. The Kier molecular flexibility index (Phi) is 6.49. The molecule has 33 heavy (non-hydrogen) atoms. The van der Waals surface area contributed by atoms with Gasteiger partial charge >= 0.3 is 0 Å². The van der Waals surface area contributed by atoms with E-state index in [0.29, 0.717) is 18.3 Å². The summed E-state index contributed by atoms with van der Waals surface area (Å²) >= 11 is 0. The van der Waals surface area contributed by atoms with E-state index in [-0.39, 0.29) is 11.8 Å². The Bertz CT molecular complexity index is 1230. The predicted octanol–water partition coefficient (Wildman–Crippen LogP) is 4.59. The van der Waals surface area contributed by atoms with Gasteiger partial charge in [-0.05, 0) is 25.0 Å². The third-order valence-corrected chi connectivity index (χ3v) is 5.46. The summed E-state index contributed by atoms with van der Waals surface area (Å²) in [6.45, 7) is 4.25. The minimum atomic E-state index is -0.205. The van der Waals surface area contributed by atoms with Crippen LogP contribution in [0.25, 0.3) is 22.6 Å². The molecule has 7 nitrogen and oxygen atoms in total. The lowest BCUT2D eigenvalue weighted by atomic mass is 10.0. The third kappa shape index (κ3) is 5.09. The van der Waals surface area contributed by atoms with Crippen LogP contribution in [0.2, 0.25) is 0 Å². The van der Waals surface area contributed by atoms with Gasteiger partial charge in [-0.3, -0.25) is 4.79 Å². The summed E-state index contributed by atoms with van der Waals surface area (Å²) in [4.78, 5) is 23.6. The topological polar surface area (TPSA) is 84.2 Å². The number of benzene rings is 2. The number of nitrogens with one attached hydrogen (secondary N) is 1. The van der Waals surface area contributed by atoms with Crippen molar-refractivity contribution in [3.05, 3.63) is 83.7 Å². The van der Waals surface area contributed by atoms with Crippen LogP contribution >= 0.6 is 0 Å².